The Balaban J connectivity index is 2.83. The second-order valence-electron chi connectivity index (χ2n) is 4.66. The van der Waals surface area contributed by atoms with E-state index < -0.39 is 42.5 Å². The first-order chi connectivity index (χ1) is 9.40. The first-order valence-corrected chi connectivity index (χ1v) is 6.42. The van der Waals surface area contributed by atoms with E-state index in [1.807, 2.05) is 0 Å². The third kappa shape index (κ3) is 4.16. The van der Waals surface area contributed by atoms with E-state index in [4.69, 9.17) is 23.7 Å². The maximum Gasteiger partial charge on any atom is 0.303 e. The highest BCUT2D eigenvalue weighted by molar-refractivity contribution is 5.66. The molecule has 1 fully saturated rings. The number of hydrogen-bond acceptors (Lipinski definition) is 7. The third-order valence-electron chi connectivity index (χ3n) is 3.16. The van der Waals surface area contributed by atoms with E-state index in [0.717, 1.165) is 0 Å². The van der Waals surface area contributed by atoms with Gasteiger partial charge in [0.15, 0.2) is 6.10 Å². The molecular formula is C13H22O7. The van der Waals surface area contributed by atoms with Crippen LogP contribution in [0.3, 0.4) is 0 Å². The molecule has 116 valence electrons. The number of esters is 2. The van der Waals surface area contributed by atoms with E-state index in [0.29, 0.717) is 0 Å². The Kier molecular flexibility index (Phi) is 6.38. The van der Waals surface area contributed by atoms with Crippen LogP contribution in [0.25, 0.3) is 0 Å². The molecule has 20 heavy (non-hydrogen) atoms. The van der Waals surface area contributed by atoms with Crippen LogP contribution in [0.15, 0.2) is 0 Å². The molecule has 0 aromatic heterocycles. The van der Waals surface area contributed by atoms with Gasteiger partial charge in [-0.15, -0.1) is 0 Å². The molecule has 0 aromatic rings. The number of hydrogen-bond donors (Lipinski definition) is 0. The van der Waals surface area contributed by atoms with Crippen molar-refractivity contribution in [2.24, 2.45) is 0 Å². The van der Waals surface area contributed by atoms with E-state index in [9.17, 15) is 9.59 Å². The molecule has 0 N–H and O–H groups in total. The van der Waals surface area contributed by atoms with E-state index in [1.54, 1.807) is 6.92 Å². The minimum Gasteiger partial charge on any atom is -0.463 e. The van der Waals surface area contributed by atoms with Crippen LogP contribution in [0.4, 0.5) is 0 Å². The summed E-state index contributed by atoms with van der Waals surface area (Å²) in [5, 5.41) is 0. The average molecular weight is 290 g/mol. The van der Waals surface area contributed by atoms with Crippen LogP contribution in [0.1, 0.15) is 20.8 Å². The molecule has 0 aliphatic carbocycles. The van der Waals surface area contributed by atoms with Gasteiger partial charge < -0.3 is 23.7 Å². The minimum atomic E-state index is -0.573. The molecule has 0 aromatic carbocycles. The van der Waals surface area contributed by atoms with Gasteiger partial charge in [-0.1, -0.05) is 0 Å². The smallest absolute Gasteiger partial charge is 0.303 e. The lowest BCUT2D eigenvalue weighted by Crippen LogP contribution is -2.60. The summed E-state index contributed by atoms with van der Waals surface area (Å²) in [6.07, 6.45) is -2.43. The number of rotatable bonds is 5. The molecule has 1 saturated heterocycles. The SMILES string of the molecule is CO[C@@H]1C(OC(C)=O)[C@H](C)OC(COC(C)=O)[C@@H]1OC. The zero-order valence-electron chi connectivity index (χ0n) is 12.5. The largest absolute Gasteiger partial charge is 0.463 e. The lowest BCUT2D eigenvalue weighted by Gasteiger charge is -2.43. The number of carbonyl (C=O) groups excluding carboxylic acids is 2. The Morgan fingerprint density at radius 1 is 1.00 bits per heavy atom. The monoisotopic (exact) mass is 290 g/mol. The van der Waals surface area contributed by atoms with Crippen molar-refractivity contribution in [3.05, 3.63) is 0 Å². The fourth-order valence-corrected chi connectivity index (χ4v) is 2.34. The Hall–Kier alpha value is -1.18. The van der Waals surface area contributed by atoms with Gasteiger partial charge in [0.05, 0.1) is 6.10 Å². The second-order valence-corrected chi connectivity index (χ2v) is 4.66. The van der Waals surface area contributed by atoms with Crippen LogP contribution in [-0.2, 0) is 33.3 Å². The minimum absolute atomic E-state index is 0.0603. The highest BCUT2D eigenvalue weighted by Crippen LogP contribution is 2.27. The molecular weight excluding hydrogens is 268 g/mol. The van der Waals surface area contributed by atoms with Crippen LogP contribution >= 0.6 is 0 Å². The molecule has 0 amide bonds. The summed E-state index contributed by atoms with van der Waals surface area (Å²) in [6.45, 7) is 4.48. The zero-order valence-corrected chi connectivity index (χ0v) is 12.5. The highest BCUT2D eigenvalue weighted by Gasteiger charge is 2.47. The van der Waals surface area contributed by atoms with Gasteiger partial charge in [-0.25, -0.2) is 0 Å². The summed E-state index contributed by atoms with van der Waals surface area (Å²) in [5.74, 6) is -0.812. The predicted molar refractivity (Wildman–Crippen MR) is 68.1 cm³/mol. The number of ether oxygens (including phenoxy) is 5. The third-order valence-corrected chi connectivity index (χ3v) is 3.16. The molecule has 1 aliphatic rings. The van der Waals surface area contributed by atoms with Crippen molar-refractivity contribution in [1.29, 1.82) is 0 Å². The van der Waals surface area contributed by atoms with Crippen LogP contribution in [0, 0.1) is 0 Å². The van der Waals surface area contributed by atoms with Gasteiger partial charge in [-0.3, -0.25) is 9.59 Å². The molecule has 0 bridgehead atoms. The van der Waals surface area contributed by atoms with Gasteiger partial charge in [0.1, 0.15) is 24.9 Å². The van der Waals surface area contributed by atoms with Crippen molar-refractivity contribution < 1.29 is 33.3 Å². The molecule has 7 nitrogen and oxygen atoms in total. The lowest BCUT2D eigenvalue weighted by molar-refractivity contribution is -0.247. The lowest BCUT2D eigenvalue weighted by atomic mass is 9.95. The van der Waals surface area contributed by atoms with Gasteiger partial charge >= 0.3 is 11.9 Å². The van der Waals surface area contributed by atoms with Crippen molar-refractivity contribution in [2.45, 2.75) is 51.3 Å². The molecule has 1 heterocycles. The molecule has 5 atom stereocenters. The maximum atomic E-state index is 11.2. The van der Waals surface area contributed by atoms with Gasteiger partial charge in [-0.05, 0) is 6.92 Å². The van der Waals surface area contributed by atoms with Crippen molar-refractivity contribution in [2.75, 3.05) is 20.8 Å². The fraction of sp³-hybridized carbons (Fsp3) is 0.846. The second kappa shape index (κ2) is 7.56. The first kappa shape index (κ1) is 16.9. The predicted octanol–water partition coefficient (Wildman–Crippen LogP) is 0.298. The highest BCUT2D eigenvalue weighted by atomic mass is 16.6. The summed E-state index contributed by atoms with van der Waals surface area (Å²) >= 11 is 0. The van der Waals surface area contributed by atoms with E-state index in [-0.39, 0.29) is 6.61 Å². The number of methoxy groups -OCH3 is 2. The van der Waals surface area contributed by atoms with Crippen molar-refractivity contribution >= 4 is 11.9 Å². The van der Waals surface area contributed by atoms with Crippen LogP contribution in [0.5, 0.6) is 0 Å². The fourth-order valence-electron chi connectivity index (χ4n) is 2.34. The summed E-state index contributed by atoms with van der Waals surface area (Å²) in [7, 11) is 3.01. The van der Waals surface area contributed by atoms with Gasteiger partial charge in [0, 0.05) is 28.1 Å². The Morgan fingerprint density at radius 3 is 2.05 bits per heavy atom. The molecule has 0 saturated carbocycles. The van der Waals surface area contributed by atoms with Gasteiger partial charge in [0.25, 0.3) is 0 Å². The van der Waals surface area contributed by atoms with Crippen molar-refractivity contribution in [1.82, 2.24) is 0 Å². The molecule has 0 spiro atoms. The Labute approximate surface area is 118 Å². The summed E-state index contributed by atoms with van der Waals surface area (Å²) in [6, 6.07) is 0. The van der Waals surface area contributed by atoms with Crippen LogP contribution in [0.2, 0.25) is 0 Å². The normalized spacial score (nSPS) is 33.5. The van der Waals surface area contributed by atoms with E-state index in [2.05, 4.69) is 0 Å². The quantitative estimate of drug-likeness (QED) is 0.673. The van der Waals surface area contributed by atoms with E-state index >= 15 is 0 Å². The molecule has 1 aliphatic heterocycles. The van der Waals surface area contributed by atoms with Gasteiger partial charge in [0.2, 0.25) is 0 Å². The summed E-state index contributed by atoms with van der Waals surface area (Å²) in [5.41, 5.74) is 0. The van der Waals surface area contributed by atoms with Crippen LogP contribution in [-0.4, -0.2) is 63.3 Å². The van der Waals surface area contributed by atoms with Crippen molar-refractivity contribution in [3.8, 4) is 0 Å². The molecule has 2 unspecified atom stereocenters. The zero-order chi connectivity index (χ0) is 15.3. The topological polar surface area (TPSA) is 80.3 Å². The first-order valence-electron chi connectivity index (χ1n) is 6.42. The van der Waals surface area contributed by atoms with Crippen molar-refractivity contribution in [3.63, 3.8) is 0 Å². The molecule has 7 heteroatoms. The number of carbonyl (C=O) groups is 2. The molecule has 1 rings (SSSR count). The Morgan fingerprint density at radius 2 is 1.60 bits per heavy atom. The maximum absolute atomic E-state index is 11.2. The average Bonchev–Trinajstić information content (AvgIpc) is 2.37. The summed E-state index contributed by atoms with van der Waals surface area (Å²) in [4.78, 5) is 22.1. The Bertz CT molecular complexity index is 344. The van der Waals surface area contributed by atoms with Crippen LogP contribution < -0.4 is 0 Å². The van der Waals surface area contributed by atoms with E-state index in [1.165, 1.54) is 28.1 Å². The standard InChI is InChI=1S/C13H22O7/c1-7-11(20-9(3)15)13(17-5)12(16-4)10(19-7)6-18-8(2)14/h7,10-13H,6H2,1-5H3/t7-,10?,11?,12-,13+/m0/s1. The van der Waals surface area contributed by atoms with Gasteiger partial charge in [-0.2, -0.15) is 0 Å². The summed E-state index contributed by atoms with van der Waals surface area (Å²) < 4.78 is 26.7. The molecule has 0 radical (unpaired) electrons.